The first kappa shape index (κ1) is 30.2. The molecule has 0 aromatic heterocycles. The Morgan fingerprint density at radius 2 is 1.47 bits per heavy atom. The third-order valence-corrected chi connectivity index (χ3v) is 5.75. The highest BCUT2D eigenvalue weighted by molar-refractivity contribution is 5.88. The summed E-state index contributed by atoms with van der Waals surface area (Å²) in [7, 11) is 0. The fourth-order valence-electron chi connectivity index (χ4n) is 3.43. The van der Waals surface area contributed by atoms with Crippen LogP contribution in [0.3, 0.4) is 0 Å². The number of aliphatic hydroxyl groups excluding tert-OH is 7. The Bertz CT molecular complexity index is 770. The Morgan fingerprint density at radius 1 is 0.833 bits per heavy atom. The van der Waals surface area contributed by atoms with E-state index in [1.165, 1.54) is 0 Å². The number of carbonyl (C=O) groups is 2. The summed E-state index contributed by atoms with van der Waals surface area (Å²) in [5, 5.41) is 68.0. The molecule has 0 unspecified atom stereocenters. The van der Waals surface area contributed by atoms with E-state index in [9.17, 15) is 40.2 Å². The summed E-state index contributed by atoms with van der Waals surface area (Å²) in [4.78, 5) is 24.1. The minimum Gasteiger partial charge on any atom is -0.459 e. The largest absolute Gasteiger partial charge is 0.459 e. The molecule has 2 aliphatic heterocycles. The lowest BCUT2D eigenvalue weighted by Gasteiger charge is -2.39. The fourth-order valence-corrected chi connectivity index (χ4v) is 3.43. The topological polar surface area (TPSA) is 222 Å². The van der Waals surface area contributed by atoms with E-state index in [4.69, 9.17) is 28.8 Å². The maximum Gasteiger partial charge on any atom is 0.333 e. The van der Waals surface area contributed by atoms with E-state index in [-0.39, 0.29) is 43.8 Å². The van der Waals surface area contributed by atoms with Crippen molar-refractivity contribution >= 4 is 11.9 Å². The highest BCUT2D eigenvalue weighted by atomic mass is 16.7. The maximum absolute atomic E-state index is 12.3. The third-order valence-electron chi connectivity index (χ3n) is 5.75. The summed E-state index contributed by atoms with van der Waals surface area (Å²) in [5.74, 6) is -1.71. The number of carbonyl (C=O) groups excluding carboxylic acids is 2. The van der Waals surface area contributed by atoms with Crippen molar-refractivity contribution in [2.75, 3.05) is 33.0 Å². The van der Waals surface area contributed by atoms with E-state index in [0.717, 1.165) is 0 Å². The van der Waals surface area contributed by atoms with Gasteiger partial charge in [-0.05, 0) is 0 Å². The molecule has 7 N–H and O–H groups in total. The van der Waals surface area contributed by atoms with Gasteiger partial charge in [-0.15, -0.1) is 0 Å². The molecule has 0 bridgehead atoms. The van der Waals surface area contributed by atoms with Crippen molar-refractivity contribution in [2.24, 2.45) is 0 Å². The second kappa shape index (κ2) is 14.1. The number of aliphatic hydroxyl groups is 7. The highest BCUT2D eigenvalue weighted by Gasteiger charge is 2.44. The molecule has 36 heavy (non-hydrogen) atoms. The zero-order chi connectivity index (χ0) is 27.0. The van der Waals surface area contributed by atoms with Crippen molar-refractivity contribution in [1.82, 2.24) is 0 Å². The molecule has 0 aromatic rings. The molecule has 0 amide bonds. The Labute approximate surface area is 206 Å². The van der Waals surface area contributed by atoms with Crippen LogP contribution in [-0.4, -0.2) is 136 Å². The van der Waals surface area contributed by atoms with E-state index < -0.39 is 80.3 Å². The van der Waals surface area contributed by atoms with Crippen LogP contribution in [-0.2, 0) is 33.3 Å². The lowest BCUT2D eigenvalue weighted by Crippen LogP contribution is -2.59. The van der Waals surface area contributed by atoms with Gasteiger partial charge in [0.25, 0.3) is 0 Å². The van der Waals surface area contributed by atoms with E-state index in [2.05, 4.69) is 13.2 Å². The molecular formula is C22H34O14. The molecule has 0 spiro atoms. The van der Waals surface area contributed by atoms with Gasteiger partial charge in [0.2, 0.25) is 0 Å². The predicted octanol–water partition coefficient (Wildman–Crippen LogP) is -3.74. The van der Waals surface area contributed by atoms with E-state index in [1.807, 2.05) is 0 Å². The highest BCUT2D eigenvalue weighted by Crippen LogP contribution is 2.23. The third kappa shape index (κ3) is 7.76. The first-order chi connectivity index (χ1) is 17.0. The van der Waals surface area contributed by atoms with Gasteiger partial charge < -0.3 is 59.4 Å². The van der Waals surface area contributed by atoms with Crippen LogP contribution in [0.1, 0.15) is 12.8 Å². The quantitative estimate of drug-likeness (QED) is 0.0967. The minimum atomic E-state index is -1.61. The smallest absolute Gasteiger partial charge is 0.333 e. The first-order valence-electron chi connectivity index (χ1n) is 11.3. The molecule has 0 aromatic carbocycles. The van der Waals surface area contributed by atoms with Crippen molar-refractivity contribution in [3.8, 4) is 0 Å². The van der Waals surface area contributed by atoms with E-state index >= 15 is 0 Å². The van der Waals surface area contributed by atoms with Crippen molar-refractivity contribution in [3.63, 3.8) is 0 Å². The van der Waals surface area contributed by atoms with Crippen molar-refractivity contribution < 1.29 is 69.0 Å². The Hall–Kier alpha value is -1.98. The molecule has 9 atom stereocenters. The normalized spacial score (nSPS) is 34.6. The summed E-state index contributed by atoms with van der Waals surface area (Å²) >= 11 is 0. The molecule has 14 nitrogen and oxygen atoms in total. The van der Waals surface area contributed by atoms with Crippen LogP contribution in [0.15, 0.2) is 24.3 Å². The van der Waals surface area contributed by atoms with Crippen molar-refractivity contribution in [1.29, 1.82) is 0 Å². The number of hydrogen-bond donors (Lipinski definition) is 7. The van der Waals surface area contributed by atoms with Gasteiger partial charge in [-0.3, -0.25) is 0 Å². The zero-order valence-corrected chi connectivity index (χ0v) is 19.5. The summed E-state index contributed by atoms with van der Waals surface area (Å²) < 4.78 is 25.9. The van der Waals surface area contributed by atoms with Crippen LogP contribution in [0.5, 0.6) is 0 Å². The van der Waals surface area contributed by atoms with Crippen LogP contribution < -0.4 is 0 Å². The summed E-state index contributed by atoms with van der Waals surface area (Å²) in [6.45, 7) is 5.20. The van der Waals surface area contributed by atoms with Gasteiger partial charge in [0.1, 0.15) is 49.3 Å². The monoisotopic (exact) mass is 522 g/mol. The minimum absolute atomic E-state index is 0.0189. The molecule has 2 fully saturated rings. The van der Waals surface area contributed by atoms with Crippen LogP contribution in [0.4, 0.5) is 0 Å². The number of ether oxygens (including phenoxy) is 5. The van der Waals surface area contributed by atoms with E-state index in [1.54, 1.807) is 0 Å². The molecular weight excluding hydrogens is 488 g/mol. The van der Waals surface area contributed by atoms with Gasteiger partial charge in [0.15, 0.2) is 12.4 Å². The molecule has 2 saturated heterocycles. The van der Waals surface area contributed by atoms with Gasteiger partial charge in [-0.25, -0.2) is 9.59 Å². The Balaban J connectivity index is 1.76. The lowest BCUT2D eigenvalue weighted by molar-refractivity contribution is -0.300. The standard InChI is InChI=1S/C22H34O14/c1-10(3-5-23)20(30)34-8-13-16(26)17(27)14(9-33-13)35-21(31)11(2)4-6-32-22-19(29)18(28)15(25)12(7-24)36-22/h12-19,22-29H,1-9H2/t12-,13-,14-,15-,16+,17-,18+,19-,22-/m1/s1. The molecule has 2 aliphatic rings. The summed E-state index contributed by atoms with van der Waals surface area (Å²) in [5.41, 5.74) is -0.0519. The molecule has 2 heterocycles. The SMILES string of the molecule is C=C(CCO)C(=O)OC[C@H]1OC[C@@H](OC(=O)C(=C)CCO[C@@H]2O[C@H](CO)[C@@H](O)[C@H](O)[C@H]2O)[C@@H](O)[C@H]1O. The van der Waals surface area contributed by atoms with Crippen molar-refractivity contribution in [3.05, 3.63) is 24.3 Å². The first-order valence-corrected chi connectivity index (χ1v) is 11.3. The average molecular weight is 523 g/mol. The van der Waals surface area contributed by atoms with Crippen LogP contribution in [0.25, 0.3) is 0 Å². The molecule has 2 rings (SSSR count). The predicted molar refractivity (Wildman–Crippen MR) is 117 cm³/mol. The molecule has 206 valence electrons. The van der Waals surface area contributed by atoms with Gasteiger partial charge >= 0.3 is 11.9 Å². The van der Waals surface area contributed by atoms with Crippen LogP contribution >= 0.6 is 0 Å². The Kier molecular flexibility index (Phi) is 11.8. The van der Waals surface area contributed by atoms with Gasteiger partial charge in [0, 0.05) is 30.6 Å². The van der Waals surface area contributed by atoms with Crippen molar-refractivity contribution in [2.45, 2.75) is 68.0 Å². The molecule has 14 heteroatoms. The Morgan fingerprint density at radius 3 is 2.11 bits per heavy atom. The van der Waals surface area contributed by atoms with Crippen LogP contribution in [0, 0.1) is 0 Å². The second-order valence-electron chi connectivity index (χ2n) is 8.39. The number of hydrogen-bond acceptors (Lipinski definition) is 14. The molecule has 0 aliphatic carbocycles. The number of rotatable bonds is 12. The van der Waals surface area contributed by atoms with Crippen LogP contribution in [0.2, 0.25) is 0 Å². The molecule has 0 radical (unpaired) electrons. The average Bonchev–Trinajstić information content (AvgIpc) is 2.86. The van der Waals surface area contributed by atoms with Gasteiger partial charge in [-0.2, -0.15) is 0 Å². The second-order valence-corrected chi connectivity index (χ2v) is 8.39. The molecule has 0 saturated carbocycles. The summed E-state index contributed by atoms with van der Waals surface area (Å²) in [6.07, 6.45) is -12.8. The maximum atomic E-state index is 12.3. The fraction of sp³-hybridized carbons (Fsp3) is 0.727. The summed E-state index contributed by atoms with van der Waals surface area (Å²) in [6, 6.07) is 0. The van der Waals surface area contributed by atoms with Gasteiger partial charge in [0.05, 0.1) is 19.8 Å². The lowest BCUT2D eigenvalue weighted by atomic mass is 9.99. The van der Waals surface area contributed by atoms with Gasteiger partial charge in [-0.1, -0.05) is 13.2 Å². The van der Waals surface area contributed by atoms with E-state index in [0.29, 0.717) is 0 Å². The number of esters is 2. The zero-order valence-electron chi connectivity index (χ0n) is 19.5.